The van der Waals surface area contributed by atoms with Gasteiger partial charge in [0.25, 0.3) is 5.91 Å². The summed E-state index contributed by atoms with van der Waals surface area (Å²) in [6.45, 7) is 0. The molecule has 1 aliphatic rings. The number of carbonyl (C=O) groups is 1. The highest BCUT2D eigenvalue weighted by atomic mass is 16.2. The third-order valence-electron chi connectivity index (χ3n) is 4.44. The molecule has 1 amide bonds. The Morgan fingerprint density at radius 3 is 2.67 bits per heavy atom. The van der Waals surface area contributed by atoms with Crippen LogP contribution in [0.2, 0.25) is 0 Å². The first-order valence-corrected chi connectivity index (χ1v) is 7.95. The van der Waals surface area contributed by atoms with Crippen molar-refractivity contribution in [2.24, 2.45) is 0 Å². The zero-order valence-electron chi connectivity index (χ0n) is 13.0. The van der Waals surface area contributed by atoms with Gasteiger partial charge in [-0.3, -0.25) is 14.6 Å². The van der Waals surface area contributed by atoms with Gasteiger partial charge < -0.3 is 9.88 Å². The molecule has 0 saturated heterocycles. The predicted octanol–water partition coefficient (Wildman–Crippen LogP) is 2.77. The van der Waals surface area contributed by atoms with Crippen LogP contribution < -0.4 is 10.7 Å². The van der Waals surface area contributed by atoms with Crippen molar-refractivity contribution >= 4 is 22.6 Å². The Morgan fingerprint density at radius 2 is 1.96 bits per heavy atom. The highest BCUT2D eigenvalue weighted by Gasteiger charge is 2.24. The summed E-state index contributed by atoms with van der Waals surface area (Å²) in [5, 5.41) is 3.23. The molecule has 4 rings (SSSR count). The molecule has 6 heteroatoms. The smallest absolute Gasteiger partial charge is 0.261 e. The van der Waals surface area contributed by atoms with E-state index >= 15 is 0 Å². The van der Waals surface area contributed by atoms with Crippen LogP contribution >= 0.6 is 0 Å². The van der Waals surface area contributed by atoms with Gasteiger partial charge in [-0.25, -0.2) is 4.98 Å². The van der Waals surface area contributed by atoms with Crippen LogP contribution in [0.25, 0.3) is 11.0 Å². The molecular formula is C18H16N4O2. The van der Waals surface area contributed by atoms with Gasteiger partial charge in [0.05, 0.1) is 5.39 Å². The Labute approximate surface area is 138 Å². The summed E-state index contributed by atoms with van der Waals surface area (Å²) in [5.74, 6) is -0.412. The van der Waals surface area contributed by atoms with Crippen molar-refractivity contribution in [1.82, 2.24) is 14.5 Å². The van der Waals surface area contributed by atoms with Crippen molar-refractivity contribution in [2.75, 3.05) is 5.32 Å². The van der Waals surface area contributed by atoms with E-state index in [0.29, 0.717) is 22.8 Å². The number of hydrogen-bond acceptors (Lipinski definition) is 4. The van der Waals surface area contributed by atoms with E-state index in [4.69, 9.17) is 0 Å². The number of anilines is 1. The molecule has 1 fully saturated rings. The van der Waals surface area contributed by atoms with E-state index in [9.17, 15) is 9.59 Å². The van der Waals surface area contributed by atoms with Crippen LogP contribution in [-0.2, 0) is 0 Å². The Hall–Kier alpha value is -3.02. The van der Waals surface area contributed by atoms with Crippen molar-refractivity contribution in [3.8, 4) is 0 Å². The van der Waals surface area contributed by atoms with Gasteiger partial charge in [-0.1, -0.05) is 0 Å². The predicted molar refractivity (Wildman–Crippen MR) is 91.1 cm³/mol. The Balaban J connectivity index is 1.81. The number of hydrogen-bond donors (Lipinski definition) is 1. The van der Waals surface area contributed by atoms with Crippen LogP contribution in [0.15, 0.2) is 53.8 Å². The summed E-state index contributed by atoms with van der Waals surface area (Å²) in [5.41, 5.74) is 1.10. The van der Waals surface area contributed by atoms with Gasteiger partial charge in [-0.2, -0.15) is 0 Å². The fourth-order valence-corrected chi connectivity index (χ4v) is 2.92. The Kier molecular flexibility index (Phi) is 3.57. The number of amides is 1. The second-order valence-electron chi connectivity index (χ2n) is 5.93. The number of rotatable bonds is 3. The molecule has 3 heterocycles. The first kappa shape index (κ1) is 14.6. The number of carbonyl (C=O) groups excluding carboxylic acids is 1. The van der Waals surface area contributed by atoms with E-state index in [-0.39, 0.29) is 11.0 Å². The van der Waals surface area contributed by atoms with E-state index in [1.807, 2.05) is 4.57 Å². The monoisotopic (exact) mass is 320 g/mol. The summed E-state index contributed by atoms with van der Waals surface area (Å²) >= 11 is 0. The molecule has 0 atom stereocenters. The van der Waals surface area contributed by atoms with Gasteiger partial charge in [0.1, 0.15) is 11.2 Å². The first-order chi connectivity index (χ1) is 11.7. The zero-order valence-corrected chi connectivity index (χ0v) is 13.0. The minimum absolute atomic E-state index is 0.138. The second-order valence-corrected chi connectivity index (χ2v) is 5.93. The fraction of sp³-hybridized carbons (Fsp3) is 0.222. The van der Waals surface area contributed by atoms with E-state index in [1.165, 1.54) is 0 Å². The molecule has 1 saturated carbocycles. The van der Waals surface area contributed by atoms with Crippen molar-refractivity contribution in [1.29, 1.82) is 0 Å². The van der Waals surface area contributed by atoms with Crippen LogP contribution in [-0.4, -0.2) is 20.4 Å². The molecule has 0 aliphatic heterocycles. The molecule has 0 radical (unpaired) electrons. The number of nitrogens with zero attached hydrogens (tertiary/aromatic N) is 3. The second kappa shape index (κ2) is 5.88. The lowest BCUT2D eigenvalue weighted by atomic mass is 9.92. The molecule has 6 nitrogen and oxygen atoms in total. The molecule has 3 aromatic heterocycles. The maximum absolute atomic E-state index is 12.7. The molecule has 0 unspecified atom stereocenters. The molecule has 0 bridgehead atoms. The lowest BCUT2D eigenvalue weighted by molar-refractivity contribution is 0.102. The van der Waals surface area contributed by atoms with Crippen LogP contribution in [0.5, 0.6) is 0 Å². The quantitative estimate of drug-likeness (QED) is 0.805. The maximum atomic E-state index is 12.7. The third kappa shape index (κ3) is 2.46. The maximum Gasteiger partial charge on any atom is 0.261 e. The average Bonchev–Trinajstić information content (AvgIpc) is 2.56. The average molecular weight is 320 g/mol. The Morgan fingerprint density at radius 1 is 1.17 bits per heavy atom. The number of aromatic nitrogens is 3. The number of nitrogens with one attached hydrogen (secondary N) is 1. The summed E-state index contributed by atoms with van der Waals surface area (Å²) in [6.07, 6.45) is 9.74. The van der Waals surface area contributed by atoms with E-state index in [0.717, 1.165) is 19.3 Å². The molecule has 0 aromatic carbocycles. The molecule has 1 aliphatic carbocycles. The van der Waals surface area contributed by atoms with E-state index < -0.39 is 5.91 Å². The van der Waals surface area contributed by atoms with Crippen LogP contribution in [0.3, 0.4) is 0 Å². The SMILES string of the molecule is O=C(Nc1ccncc1)c1cn(C2CCC2)c2ncccc2c1=O. The van der Waals surface area contributed by atoms with Crippen LogP contribution in [0.1, 0.15) is 35.7 Å². The summed E-state index contributed by atoms with van der Waals surface area (Å²) in [7, 11) is 0. The van der Waals surface area contributed by atoms with Gasteiger partial charge in [-0.05, 0) is 43.5 Å². The molecule has 3 aromatic rings. The number of pyridine rings is 3. The topological polar surface area (TPSA) is 76.9 Å². The van der Waals surface area contributed by atoms with Crippen LogP contribution in [0, 0.1) is 0 Å². The minimum atomic E-state index is -0.412. The summed E-state index contributed by atoms with van der Waals surface area (Å²) < 4.78 is 1.97. The summed E-state index contributed by atoms with van der Waals surface area (Å²) in [6, 6.07) is 7.12. The van der Waals surface area contributed by atoms with Gasteiger partial charge in [0, 0.05) is 36.5 Å². The van der Waals surface area contributed by atoms with Gasteiger partial charge in [0.2, 0.25) is 5.43 Å². The lowest BCUT2D eigenvalue weighted by Crippen LogP contribution is -2.27. The van der Waals surface area contributed by atoms with E-state index in [1.54, 1.807) is 49.1 Å². The van der Waals surface area contributed by atoms with Gasteiger partial charge in [-0.15, -0.1) is 0 Å². The van der Waals surface area contributed by atoms with Crippen molar-refractivity contribution in [3.05, 3.63) is 64.8 Å². The third-order valence-corrected chi connectivity index (χ3v) is 4.44. The molecular weight excluding hydrogens is 304 g/mol. The highest BCUT2D eigenvalue weighted by molar-refractivity contribution is 6.05. The largest absolute Gasteiger partial charge is 0.328 e. The normalized spacial score (nSPS) is 14.3. The van der Waals surface area contributed by atoms with Crippen LogP contribution in [0.4, 0.5) is 5.69 Å². The highest BCUT2D eigenvalue weighted by Crippen LogP contribution is 2.33. The van der Waals surface area contributed by atoms with Gasteiger partial charge in [0.15, 0.2) is 0 Å². The molecule has 0 spiro atoms. The first-order valence-electron chi connectivity index (χ1n) is 7.95. The van der Waals surface area contributed by atoms with Crippen molar-refractivity contribution in [3.63, 3.8) is 0 Å². The standard InChI is InChI=1S/C18H16N4O2/c23-16-14-5-2-8-20-17(14)22(13-3-1-4-13)11-15(16)18(24)21-12-6-9-19-10-7-12/h2,5-11,13H,1,3-4H2,(H,19,21,24). The minimum Gasteiger partial charge on any atom is -0.328 e. The molecule has 24 heavy (non-hydrogen) atoms. The van der Waals surface area contributed by atoms with E-state index in [2.05, 4.69) is 15.3 Å². The molecule has 1 N–H and O–H groups in total. The number of fused-ring (bicyclic) bond motifs is 1. The van der Waals surface area contributed by atoms with Gasteiger partial charge >= 0.3 is 0 Å². The Bertz CT molecular complexity index is 962. The van der Waals surface area contributed by atoms with Crippen molar-refractivity contribution in [2.45, 2.75) is 25.3 Å². The fourth-order valence-electron chi connectivity index (χ4n) is 2.92. The zero-order chi connectivity index (χ0) is 16.5. The lowest BCUT2D eigenvalue weighted by Gasteiger charge is -2.29. The molecule has 120 valence electrons. The summed E-state index contributed by atoms with van der Waals surface area (Å²) in [4.78, 5) is 33.6. The van der Waals surface area contributed by atoms with Crippen molar-refractivity contribution < 1.29 is 4.79 Å².